The first-order valence-electron chi connectivity index (χ1n) is 10.00. The van der Waals surface area contributed by atoms with Crippen LogP contribution < -0.4 is 4.90 Å². The molecule has 0 saturated heterocycles. The second-order valence-electron chi connectivity index (χ2n) is 7.36. The number of amides is 1. The maximum atomic E-state index is 14.1. The molecule has 4 rings (SSSR count). The van der Waals surface area contributed by atoms with Crippen LogP contribution in [0.2, 0.25) is 0 Å². The van der Waals surface area contributed by atoms with Gasteiger partial charge in [-0.25, -0.2) is 9.18 Å². The zero-order valence-corrected chi connectivity index (χ0v) is 17.2. The van der Waals surface area contributed by atoms with Crippen LogP contribution in [0.15, 0.2) is 96.3 Å². The molecule has 0 spiro atoms. The predicted octanol–water partition coefficient (Wildman–Crippen LogP) is 4.71. The Morgan fingerprint density at radius 1 is 0.939 bits per heavy atom. The van der Waals surface area contributed by atoms with Crippen LogP contribution in [0.3, 0.4) is 0 Å². The van der Waals surface area contributed by atoms with Crippen LogP contribution in [0, 0.1) is 5.82 Å². The quantitative estimate of drug-likeness (QED) is 0.538. The van der Waals surface area contributed by atoms with E-state index in [-0.39, 0.29) is 22.4 Å². The van der Waals surface area contributed by atoms with E-state index in [0.717, 1.165) is 10.5 Å². The van der Waals surface area contributed by atoms with Gasteiger partial charge >= 0.3 is 5.97 Å². The smallest absolute Gasteiger partial charge is 0.335 e. The molecule has 6 nitrogen and oxygen atoms in total. The van der Waals surface area contributed by atoms with Gasteiger partial charge in [0.15, 0.2) is 11.5 Å². The normalized spacial score (nSPS) is 16.0. The minimum atomic E-state index is -1.20. The summed E-state index contributed by atoms with van der Waals surface area (Å²) in [5, 5.41) is 20.0. The number of halogens is 1. The molecule has 0 unspecified atom stereocenters. The molecule has 3 aromatic carbocycles. The molecule has 1 atom stereocenters. The number of hydrogen-bond donors (Lipinski definition) is 2. The number of carbonyl (C=O) groups excluding carboxylic acids is 2. The molecule has 0 radical (unpaired) electrons. The minimum absolute atomic E-state index is 0.0819. The fourth-order valence-electron chi connectivity index (χ4n) is 3.73. The van der Waals surface area contributed by atoms with E-state index in [1.807, 2.05) is 6.07 Å². The fraction of sp³-hybridized carbons (Fsp3) is 0.0385. The highest BCUT2D eigenvalue weighted by Gasteiger charge is 2.44. The van der Waals surface area contributed by atoms with Crippen LogP contribution in [0.5, 0.6) is 0 Å². The molecule has 3 aromatic rings. The van der Waals surface area contributed by atoms with Gasteiger partial charge in [-0.2, -0.15) is 0 Å². The van der Waals surface area contributed by atoms with Crippen molar-refractivity contribution in [3.05, 3.63) is 119 Å². The van der Waals surface area contributed by atoms with Gasteiger partial charge < -0.3 is 10.2 Å². The van der Waals surface area contributed by atoms with Crippen LogP contribution in [-0.2, 0) is 9.59 Å². The number of anilines is 1. The maximum Gasteiger partial charge on any atom is 0.335 e. The van der Waals surface area contributed by atoms with Gasteiger partial charge in [-0.15, -0.1) is 0 Å². The number of nitrogens with zero attached hydrogens (tertiary/aromatic N) is 1. The molecule has 1 amide bonds. The first-order valence-corrected chi connectivity index (χ1v) is 10.00. The van der Waals surface area contributed by atoms with Crippen LogP contribution >= 0.6 is 0 Å². The molecular weight excluding hydrogens is 425 g/mol. The molecule has 2 N–H and O–H groups in total. The first-order chi connectivity index (χ1) is 15.9. The van der Waals surface area contributed by atoms with E-state index in [0.29, 0.717) is 0 Å². The van der Waals surface area contributed by atoms with Gasteiger partial charge in [0.2, 0.25) is 0 Å². The summed E-state index contributed by atoms with van der Waals surface area (Å²) >= 11 is 0. The average Bonchev–Trinajstić information content (AvgIpc) is 3.09. The lowest BCUT2D eigenvalue weighted by atomic mass is 9.95. The van der Waals surface area contributed by atoms with E-state index in [1.165, 1.54) is 54.6 Å². The first kappa shape index (κ1) is 21.7. The summed E-state index contributed by atoms with van der Waals surface area (Å²) in [7, 11) is 0. The summed E-state index contributed by atoms with van der Waals surface area (Å²) in [5.74, 6) is -4.07. The van der Waals surface area contributed by atoms with Crippen molar-refractivity contribution < 1.29 is 29.0 Å². The standard InChI is InChI=1S/C26H18FNO5/c27-19-10-4-8-17(14-19)23-22(21(29)13-12-16-6-2-1-3-7-16)24(30)25(31)28(23)20-11-5-9-18(15-20)26(32)33/h1-15,23,30H,(H,32,33)/b13-12-/t23-/m1/s1. The van der Waals surface area contributed by atoms with E-state index < -0.39 is 35.3 Å². The Bertz CT molecular complexity index is 1310. The topological polar surface area (TPSA) is 94.9 Å². The molecule has 33 heavy (non-hydrogen) atoms. The zero-order chi connectivity index (χ0) is 23.5. The summed E-state index contributed by atoms with van der Waals surface area (Å²) in [6, 6.07) is 18.7. The summed E-state index contributed by atoms with van der Waals surface area (Å²) in [4.78, 5) is 38.7. The van der Waals surface area contributed by atoms with E-state index in [1.54, 1.807) is 30.3 Å². The number of aliphatic hydroxyl groups is 1. The van der Waals surface area contributed by atoms with E-state index >= 15 is 0 Å². The van der Waals surface area contributed by atoms with Crippen LogP contribution in [0.1, 0.15) is 27.5 Å². The number of carbonyl (C=O) groups is 3. The molecule has 1 heterocycles. The molecule has 0 bridgehead atoms. The molecular formula is C26H18FNO5. The third-order valence-electron chi connectivity index (χ3n) is 5.24. The maximum absolute atomic E-state index is 14.1. The Morgan fingerprint density at radius 2 is 1.67 bits per heavy atom. The number of benzene rings is 3. The Morgan fingerprint density at radius 3 is 2.36 bits per heavy atom. The molecule has 0 fully saturated rings. The molecule has 0 aromatic heterocycles. The Balaban J connectivity index is 1.82. The van der Waals surface area contributed by atoms with Crippen molar-refractivity contribution in [3.8, 4) is 0 Å². The SMILES string of the molecule is O=C(/C=C\c1ccccc1)C1=C(O)C(=O)N(c2cccc(C(=O)O)c2)[C@@H]1c1cccc(F)c1. The van der Waals surface area contributed by atoms with Crippen molar-refractivity contribution in [2.75, 3.05) is 4.90 Å². The van der Waals surface area contributed by atoms with Gasteiger partial charge in [-0.1, -0.05) is 54.6 Å². The number of carboxylic acids is 1. The van der Waals surface area contributed by atoms with Crippen molar-refractivity contribution in [3.63, 3.8) is 0 Å². The monoisotopic (exact) mass is 443 g/mol. The Kier molecular flexibility index (Phi) is 5.87. The Hall–Kier alpha value is -4.52. The van der Waals surface area contributed by atoms with Crippen molar-refractivity contribution in [1.29, 1.82) is 0 Å². The van der Waals surface area contributed by atoms with Crippen LogP contribution in [-0.4, -0.2) is 27.9 Å². The number of rotatable bonds is 6. The minimum Gasteiger partial charge on any atom is -0.503 e. The zero-order valence-electron chi connectivity index (χ0n) is 17.2. The molecule has 0 saturated carbocycles. The van der Waals surface area contributed by atoms with Crippen molar-refractivity contribution in [2.24, 2.45) is 0 Å². The summed E-state index contributed by atoms with van der Waals surface area (Å²) in [6.07, 6.45) is 2.78. The highest BCUT2D eigenvalue weighted by molar-refractivity contribution is 6.20. The largest absolute Gasteiger partial charge is 0.503 e. The average molecular weight is 443 g/mol. The van der Waals surface area contributed by atoms with Gasteiger partial charge in [-0.05, 0) is 47.5 Å². The highest BCUT2D eigenvalue weighted by atomic mass is 19.1. The van der Waals surface area contributed by atoms with Crippen LogP contribution in [0.25, 0.3) is 6.08 Å². The van der Waals surface area contributed by atoms with Crippen molar-refractivity contribution in [1.82, 2.24) is 0 Å². The van der Waals surface area contributed by atoms with E-state index in [9.17, 15) is 29.0 Å². The molecule has 164 valence electrons. The number of carboxylic acid groups (broad SMARTS) is 1. The van der Waals surface area contributed by atoms with E-state index in [2.05, 4.69) is 0 Å². The molecule has 1 aliphatic heterocycles. The van der Waals surface area contributed by atoms with Gasteiger partial charge in [0.05, 0.1) is 17.2 Å². The summed E-state index contributed by atoms with van der Waals surface area (Å²) < 4.78 is 14.1. The third kappa shape index (κ3) is 4.29. The number of aromatic carboxylic acids is 1. The third-order valence-corrected chi connectivity index (χ3v) is 5.24. The summed E-state index contributed by atoms with van der Waals surface area (Å²) in [5.41, 5.74) is 0.837. The van der Waals surface area contributed by atoms with Gasteiger partial charge in [0.1, 0.15) is 5.82 Å². The van der Waals surface area contributed by atoms with Gasteiger partial charge in [0, 0.05) is 5.69 Å². The van der Waals surface area contributed by atoms with Crippen molar-refractivity contribution >= 4 is 29.4 Å². The lowest BCUT2D eigenvalue weighted by molar-refractivity contribution is -0.117. The predicted molar refractivity (Wildman–Crippen MR) is 120 cm³/mol. The second-order valence-corrected chi connectivity index (χ2v) is 7.36. The number of allylic oxidation sites excluding steroid dienone is 1. The Labute approximate surface area is 188 Å². The van der Waals surface area contributed by atoms with Crippen LogP contribution in [0.4, 0.5) is 10.1 Å². The number of aliphatic hydroxyl groups excluding tert-OH is 1. The highest BCUT2D eigenvalue weighted by Crippen LogP contribution is 2.41. The van der Waals surface area contributed by atoms with Gasteiger partial charge in [-0.3, -0.25) is 14.5 Å². The molecule has 1 aliphatic rings. The second kappa shape index (κ2) is 8.92. The van der Waals surface area contributed by atoms with E-state index in [4.69, 9.17) is 0 Å². The molecule has 7 heteroatoms. The molecule has 0 aliphatic carbocycles. The van der Waals surface area contributed by atoms with Crippen molar-refractivity contribution in [2.45, 2.75) is 6.04 Å². The number of hydrogen-bond acceptors (Lipinski definition) is 4. The summed E-state index contributed by atoms with van der Waals surface area (Å²) in [6.45, 7) is 0. The van der Waals surface area contributed by atoms with Gasteiger partial charge in [0.25, 0.3) is 5.91 Å². The lowest BCUT2D eigenvalue weighted by Crippen LogP contribution is -2.31. The lowest BCUT2D eigenvalue weighted by Gasteiger charge is -2.27. The number of ketones is 1. The fourth-order valence-corrected chi connectivity index (χ4v) is 3.73.